The Hall–Kier alpha value is -2.47. The van der Waals surface area contributed by atoms with Crippen molar-refractivity contribution in [2.75, 3.05) is 12.8 Å². The summed E-state index contributed by atoms with van der Waals surface area (Å²) in [5.74, 6) is -0.116. The van der Waals surface area contributed by atoms with Gasteiger partial charge in [0.15, 0.2) is 0 Å². The molecule has 0 saturated heterocycles. The molecule has 3 aromatic rings. The van der Waals surface area contributed by atoms with Gasteiger partial charge in [-0.25, -0.2) is 0 Å². The Kier molecular flexibility index (Phi) is 9.03. The normalized spacial score (nSPS) is 11.6. The van der Waals surface area contributed by atoms with Gasteiger partial charge in [0.2, 0.25) is 11.8 Å². The molecule has 0 aliphatic rings. The predicted octanol–water partition coefficient (Wildman–Crippen LogP) is 5.47. The van der Waals surface area contributed by atoms with Crippen molar-refractivity contribution in [3.63, 3.8) is 0 Å². The Balaban J connectivity index is 1.85. The van der Waals surface area contributed by atoms with Gasteiger partial charge in [-0.05, 0) is 47.5 Å². The summed E-state index contributed by atoms with van der Waals surface area (Å²) in [6.07, 6.45) is 0.422. The van der Waals surface area contributed by atoms with E-state index in [1.807, 2.05) is 54.6 Å². The first kappa shape index (κ1) is 24.2. The fraction of sp³-hybridized carbons (Fsp3) is 0.200. The molecule has 4 nitrogen and oxygen atoms in total. The third-order valence-corrected chi connectivity index (χ3v) is 6.46. The van der Waals surface area contributed by atoms with Crippen LogP contribution < -0.4 is 5.32 Å². The van der Waals surface area contributed by atoms with Gasteiger partial charge in [-0.3, -0.25) is 9.59 Å². The monoisotopic (exact) mass is 486 g/mol. The van der Waals surface area contributed by atoms with E-state index in [-0.39, 0.29) is 17.6 Å². The molecular formula is C25H24Cl2N2O2S. The van der Waals surface area contributed by atoms with Crippen LogP contribution in [0.5, 0.6) is 0 Å². The summed E-state index contributed by atoms with van der Waals surface area (Å²) in [5.41, 5.74) is 1.89. The van der Waals surface area contributed by atoms with Crippen molar-refractivity contribution < 1.29 is 9.59 Å². The SMILES string of the molecule is CNC(=O)C(Cc1ccccc1)N(Cc1ccc(Cl)cc1)C(=O)CSc1ccc(Cl)cc1. The van der Waals surface area contributed by atoms with E-state index in [0.29, 0.717) is 23.0 Å². The molecule has 32 heavy (non-hydrogen) atoms. The third kappa shape index (κ3) is 7.02. The summed E-state index contributed by atoms with van der Waals surface area (Å²) >= 11 is 13.4. The highest BCUT2D eigenvalue weighted by Crippen LogP contribution is 2.23. The van der Waals surface area contributed by atoms with Crippen molar-refractivity contribution in [2.45, 2.75) is 23.9 Å². The zero-order chi connectivity index (χ0) is 22.9. The van der Waals surface area contributed by atoms with Crippen LogP contribution in [0.3, 0.4) is 0 Å². The molecule has 0 radical (unpaired) electrons. The summed E-state index contributed by atoms with van der Waals surface area (Å²) < 4.78 is 0. The van der Waals surface area contributed by atoms with E-state index in [9.17, 15) is 9.59 Å². The zero-order valence-electron chi connectivity index (χ0n) is 17.6. The van der Waals surface area contributed by atoms with E-state index < -0.39 is 6.04 Å². The van der Waals surface area contributed by atoms with Gasteiger partial charge in [0.1, 0.15) is 6.04 Å². The van der Waals surface area contributed by atoms with Crippen molar-refractivity contribution in [2.24, 2.45) is 0 Å². The quantitative estimate of drug-likeness (QED) is 0.407. The lowest BCUT2D eigenvalue weighted by molar-refractivity contribution is -0.139. The standard InChI is InChI=1S/C25H24Cl2N2O2S/c1-28-25(31)23(15-18-5-3-2-4-6-18)29(16-19-7-9-20(26)10-8-19)24(30)17-32-22-13-11-21(27)12-14-22/h2-14,23H,15-17H2,1H3,(H,28,31). The minimum atomic E-state index is -0.642. The number of benzene rings is 3. The molecule has 0 aliphatic carbocycles. The molecule has 3 rings (SSSR count). The van der Waals surface area contributed by atoms with E-state index in [2.05, 4.69) is 5.32 Å². The van der Waals surface area contributed by atoms with E-state index in [4.69, 9.17) is 23.2 Å². The van der Waals surface area contributed by atoms with Crippen LogP contribution in [-0.4, -0.2) is 35.6 Å². The van der Waals surface area contributed by atoms with Crippen molar-refractivity contribution in [1.82, 2.24) is 10.2 Å². The second-order valence-electron chi connectivity index (χ2n) is 7.21. The van der Waals surface area contributed by atoms with Gasteiger partial charge in [-0.1, -0.05) is 65.7 Å². The van der Waals surface area contributed by atoms with Crippen molar-refractivity contribution in [1.29, 1.82) is 0 Å². The molecule has 7 heteroatoms. The molecule has 0 heterocycles. The van der Waals surface area contributed by atoms with Crippen LogP contribution in [0.25, 0.3) is 0 Å². The second kappa shape index (κ2) is 12.0. The maximum Gasteiger partial charge on any atom is 0.242 e. The molecule has 166 valence electrons. The number of nitrogens with zero attached hydrogens (tertiary/aromatic N) is 1. The highest BCUT2D eigenvalue weighted by Gasteiger charge is 2.29. The summed E-state index contributed by atoms with van der Waals surface area (Å²) in [7, 11) is 1.59. The molecule has 0 spiro atoms. The molecule has 0 fully saturated rings. The van der Waals surface area contributed by atoms with Crippen LogP contribution in [0.4, 0.5) is 0 Å². The van der Waals surface area contributed by atoms with Crippen LogP contribution in [0.15, 0.2) is 83.8 Å². The lowest BCUT2D eigenvalue weighted by Crippen LogP contribution is -2.50. The average molecular weight is 487 g/mol. The van der Waals surface area contributed by atoms with E-state index in [1.165, 1.54) is 11.8 Å². The Labute approximate surface area is 202 Å². The van der Waals surface area contributed by atoms with Crippen LogP contribution in [0.2, 0.25) is 10.0 Å². The van der Waals surface area contributed by atoms with E-state index in [1.54, 1.807) is 36.2 Å². The van der Waals surface area contributed by atoms with Gasteiger partial charge in [0.25, 0.3) is 0 Å². The maximum absolute atomic E-state index is 13.4. The molecule has 3 aromatic carbocycles. The number of amides is 2. The fourth-order valence-electron chi connectivity index (χ4n) is 3.27. The first-order chi connectivity index (χ1) is 15.5. The van der Waals surface area contributed by atoms with Crippen LogP contribution in [0, 0.1) is 0 Å². The van der Waals surface area contributed by atoms with Crippen LogP contribution in [-0.2, 0) is 22.6 Å². The Morgan fingerprint density at radius 1 is 0.875 bits per heavy atom. The lowest BCUT2D eigenvalue weighted by atomic mass is 10.0. The van der Waals surface area contributed by atoms with Crippen LogP contribution in [0.1, 0.15) is 11.1 Å². The van der Waals surface area contributed by atoms with E-state index >= 15 is 0 Å². The minimum Gasteiger partial charge on any atom is -0.357 e. The maximum atomic E-state index is 13.4. The smallest absolute Gasteiger partial charge is 0.242 e. The fourth-order valence-corrected chi connectivity index (χ4v) is 4.30. The highest BCUT2D eigenvalue weighted by atomic mass is 35.5. The molecular weight excluding hydrogens is 463 g/mol. The molecule has 0 aromatic heterocycles. The Morgan fingerprint density at radius 3 is 2.06 bits per heavy atom. The number of halogens is 2. The van der Waals surface area contributed by atoms with Crippen LogP contribution >= 0.6 is 35.0 Å². The van der Waals surface area contributed by atoms with Crippen molar-refractivity contribution in [3.05, 3.63) is 100 Å². The zero-order valence-corrected chi connectivity index (χ0v) is 20.0. The lowest BCUT2D eigenvalue weighted by Gasteiger charge is -2.31. The summed E-state index contributed by atoms with van der Waals surface area (Å²) in [6, 6.07) is 23.7. The predicted molar refractivity (Wildman–Crippen MR) is 132 cm³/mol. The molecule has 1 N–H and O–H groups in total. The summed E-state index contributed by atoms with van der Waals surface area (Å²) in [5, 5.41) is 3.99. The number of hydrogen-bond donors (Lipinski definition) is 1. The molecule has 0 aliphatic heterocycles. The molecule has 0 bridgehead atoms. The Bertz CT molecular complexity index is 1030. The number of likely N-dealkylation sites (N-methyl/N-ethyl adjacent to an activating group) is 1. The number of hydrogen-bond acceptors (Lipinski definition) is 3. The number of nitrogens with one attached hydrogen (secondary N) is 1. The average Bonchev–Trinajstić information content (AvgIpc) is 2.82. The topological polar surface area (TPSA) is 49.4 Å². The third-order valence-electron chi connectivity index (χ3n) is 4.96. The number of thioether (sulfide) groups is 1. The Morgan fingerprint density at radius 2 is 1.47 bits per heavy atom. The van der Waals surface area contributed by atoms with Crippen molar-refractivity contribution >= 4 is 46.8 Å². The first-order valence-corrected chi connectivity index (χ1v) is 11.9. The van der Waals surface area contributed by atoms with Gasteiger partial charge >= 0.3 is 0 Å². The van der Waals surface area contributed by atoms with Gasteiger partial charge in [-0.2, -0.15) is 0 Å². The first-order valence-electron chi connectivity index (χ1n) is 10.1. The summed E-state index contributed by atoms with van der Waals surface area (Å²) in [4.78, 5) is 28.8. The second-order valence-corrected chi connectivity index (χ2v) is 9.13. The number of carbonyl (C=O) groups is 2. The van der Waals surface area contributed by atoms with Crippen molar-refractivity contribution in [3.8, 4) is 0 Å². The van der Waals surface area contributed by atoms with E-state index in [0.717, 1.165) is 16.0 Å². The highest BCUT2D eigenvalue weighted by molar-refractivity contribution is 8.00. The van der Waals surface area contributed by atoms with Gasteiger partial charge in [0, 0.05) is 35.0 Å². The summed E-state index contributed by atoms with van der Waals surface area (Å²) in [6.45, 7) is 0.308. The number of carbonyl (C=O) groups excluding carboxylic acids is 2. The minimum absolute atomic E-state index is 0.121. The van der Waals surface area contributed by atoms with Gasteiger partial charge in [0.05, 0.1) is 5.75 Å². The molecule has 1 atom stereocenters. The molecule has 1 unspecified atom stereocenters. The van der Waals surface area contributed by atoms with Gasteiger partial charge in [-0.15, -0.1) is 11.8 Å². The number of rotatable bonds is 9. The largest absolute Gasteiger partial charge is 0.357 e. The molecule has 0 saturated carbocycles. The van der Waals surface area contributed by atoms with Gasteiger partial charge < -0.3 is 10.2 Å². The molecule has 2 amide bonds.